The molecule has 1 amide bonds. The number of hydrogen-bond donors (Lipinski definition) is 1. The van der Waals surface area contributed by atoms with Crippen molar-refractivity contribution < 1.29 is 19.1 Å². The predicted molar refractivity (Wildman–Crippen MR) is 113 cm³/mol. The van der Waals surface area contributed by atoms with Gasteiger partial charge in [0.15, 0.2) is 12.7 Å². The summed E-state index contributed by atoms with van der Waals surface area (Å²) in [5, 5.41) is 11.5. The minimum Gasteiger partial charge on any atom is -0.479 e. The highest BCUT2D eigenvalue weighted by atomic mass is 16.6. The van der Waals surface area contributed by atoms with E-state index in [0.29, 0.717) is 17.0 Å². The summed E-state index contributed by atoms with van der Waals surface area (Å²) >= 11 is 0. The smallest absolute Gasteiger partial charge is 0.347 e. The summed E-state index contributed by atoms with van der Waals surface area (Å²) in [6.07, 6.45) is -0.893. The van der Waals surface area contributed by atoms with Crippen LogP contribution in [0, 0.1) is 11.3 Å². The van der Waals surface area contributed by atoms with Crippen LogP contribution in [0.4, 0.5) is 5.69 Å². The molecule has 6 heteroatoms. The molecule has 3 aromatic carbocycles. The molecule has 0 saturated heterocycles. The molecule has 0 aromatic heterocycles. The molecule has 0 spiro atoms. The number of carbonyl (C=O) groups is 2. The van der Waals surface area contributed by atoms with Crippen LogP contribution in [0.1, 0.15) is 12.5 Å². The van der Waals surface area contributed by atoms with Gasteiger partial charge in [0.1, 0.15) is 5.75 Å². The third-order valence-electron chi connectivity index (χ3n) is 4.25. The predicted octanol–water partition coefficient (Wildman–Crippen LogP) is 4.17. The van der Waals surface area contributed by atoms with Crippen molar-refractivity contribution in [1.29, 1.82) is 5.26 Å². The number of amides is 1. The van der Waals surface area contributed by atoms with Crippen molar-refractivity contribution in [1.82, 2.24) is 0 Å². The van der Waals surface area contributed by atoms with Crippen LogP contribution >= 0.6 is 0 Å². The largest absolute Gasteiger partial charge is 0.479 e. The van der Waals surface area contributed by atoms with Gasteiger partial charge in [0.05, 0.1) is 11.6 Å². The summed E-state index contributed by atoms with van der Waals surface area (Å²) in [6.45, 7) is 1.11. The molecule has 0 saturated carbocycles. The lowest BCUT2D eigenvalue weighted by molar-refractivity contribution is -0.153. The number of ether oxygens (including phenoxy) is 2. The Morgan fingerprint density at radius 2 is 1.57 bits per heavy atom. The van der Waals surface area contributed by atoms with Gasteiger partial charge in [-0.2, -0.15) is 5.26 Å². The van der Waals surface area contributed by atoms with Crippen molar-refractivity contribution in [2.45, 2.75) is 13.0 Å². The fraction of sp³-hybridized carbons (Fsp3) is 0.125. The molecule has 0 heterocycles. The Morgan fingerprint density at radius 1 is 0.933 bits per heavy atom. The first-order valence-corrected chi connectivity index (χ1v) is 9.34. The number of benzene rings is 3. The fourth-order valence-corrected chi connectivity index (χ4v) is 2.69. The molecule has 0 radical (unpaired) electrons. The van der Waals surface area contributed by atoms with Gasteiger partial charge in [-0.1, -0.05) is 42.5 Å². The lowest BCUT2D eigenvalue weighted by atomic mass is 10.1. The number of nitriles is 1. The van der Waals surface area contributed by atoms with E-state index >= 15 is 0 Å². The van der Waals surface area contributed by atoms with Crippen LogP contribution in [0.25, 0.3) is 11.1 Å². The zero-order chi connectivity index (χ0) is 21.3. The molecular weight excluding hydrogens is 380 g/mol. The van der Waals surface area contributed by atoms with Crippen molar-refractivity contribution in [3.8, 4) is 22.9 Å². The summed E-state index contributed by atoms with van der Waals surface area (Å²) in [7, 11) is 0. The number of nitrogens with zero attached hydrogens (tertiary/aromatic N) is 1. The zero-order valence-electron chi connectivity index (χ0n) is 16.4. The number of rotatable bonds is 7. The first-order valence-electron chi connectivity index (χ1n) is 9.34. The molecule has 150 valence electrons. The van der Waals surface area contributed by atoms with Gasteiger partial charge in [0, 0.05) is 5.69 Å². The SMILES string of the molecule is C[C@@H](Oc1ccc(C#N)cc1)C(=O)OCC(=O)Nc1ccc(-c2ccccc2)cc1. The van der Waals surface area contributed by atoms with Gasteiger partial charge in [0.2, 0.25) is 0 Å². The highest BCUT2D eigenvalue weighted by Crippen LogP contribution is 2.21. The highest BCUT2D eigenvalue weighted by Gasteiger charge is 2.18. The topological polar surface area (TPSA) is 88.4 Å². The Hall–Kier alpha value is -4.11. The van der Waals surface area contributed by atoms with Gasteiger partial charge in [-0.3, -0.25) is 4.79 Å². The minimum atomic E-state index is -0.893. The summed E-state index contributed by atoms with van der Waals surface area (Å²) in [5.74, 6) is -0.670. The summed E-state index contributed by atoms with van der Waals surface area (Å²) in [6, 6.07) is 25.7. The molecule has 1 N–H and O–H groups in total. The summed E-state index contributed by atoms with van der Waals surface area (Å²) in [4.78, 5) is 24.1. The minimum absolute atomic E-state index is 0.416. The number of esters is 1. The average Bonchev–Trinajstić information content (AvgIpc) is 2.79. The van der Waals surface area contributed by atoms with E-state index in [4.69, 9.17) is 14.7 Å². The molecule has 0 bridgehead atoms. The second-order valence-electron chi connectivity index (χ2n) is 6.50. The van der Waals surface area contributed by atoms with E-state index in [1.807, 2.05) is 48.5 Å². The van der Waals surface area contributed by atoms with Gasteiger partial charge in [-0.15, -0.1) is 0 Å². The molecule has 0 aliphatic heterocycles. The molecule has 6 nitrogen and oxygen atoms in total. The molecule has 30 heavy (non-hydrogen) atoms. The lowest BCUT2D eigenvalue weighted by Gasteiger charge is -2.14. The zero-order valence-corrected chi connectivity index (χ0v) is 16.4. The van der Waals surface area contributed by atoms with Crippen LogP contribution in [0.15, 0.2) is 78.9 Å². The van der Waals surface area contributed by atoms with Gasteiger partial charge in [-0.05, 0) is 54.4 Å². The summed E-state index contributed by atoms with van der Waals surface area (Å²) < 4.78 is 10.5. The second kappa shape index (κ2) is 9.89. The third-order valence-corrected chi connectivity index (χ3v) is 4.25. The van der Waals surface area contributed by atoms with Crippen molar-refractivity contribution >= 4 is 17.6 Å². The highest BCUT2D eigenvalue weighted by molar-refractivity contribution is 5.93. The average molecular weight is 400 g/mol. The van der Waals surface area contributed by atoms with E-state index in [0.717, 1.165) is 11.1 Å². The Morgan fingerprint density at radius 3 is 2.20 bits per heavy atom. The van der Waals surface area contributed by atoms with Crippen molar-refractivity contribution in [2.75, 3.05) is 11.9 Å². The monoisotopic (exact) mass is 400 g/mol. The van der Waals surface area contributed by atoms with Gasteiger partial charge in [-0.25, -0.2) is 4.79 Å². The van der Waals surface area contributed by atoms with Crippen LogP contribution < -0.4 is 10.1 Å². The maximum atomic E-state index is 12.1. The van der Waals surface area contributed by atoms with Crippen LogP contribution in [-0.4, -0.2) is 24.6 Å². The van der Waals surface area contributed by atoms with E-state index in [1.54, 1.807) is 36.4 Å². The normalized spacial score (nSPS) is 11.1. The van der Waals surface area contributed by atoms with Crippen LogP contribution in [-0.2, 0) is 14.3 Å². The maximum absolute atomic E-state index is 12.1. The molecule has 0 fully saturated rings. The Balaban J connectivity index is 1.46. The number of anilines is 1. The van der Waals surface area contributed by atoms with Crippen molar-refractivity contribution in [3.63, 3.8) is 0 Å². The second-order valence-corrected chi connectivity index (χ2v) is 6.50. The first kappa shape index (κ1) is 20.6. The Bertz CT molecular complexity index is 1040. The van der Waals surface area contributed by atoms with E-state index in [-0.39, 0.29) is 0 Å². The Kier molecular flexibility index (Phi) is 6.80. The van der Waals surface area contributed by atoms with E-state index in [1.165, 1.54) is 6.92 Å². The standard InChI is InChI=1S/C24H20N2O4/c1-17(30-22-13-7-18(15-25)8-14-22)24(28)29-16-23(27)26-21-11-9-20(10-12-21)19-5-3-2-4-6-19/h2-14,17H,16H2,1H3,(H,26,27)/t17-/m1/s1. The fourth-order valence-electron chi connectivity index (χ4n) is 2.69. The van der Waals surface area contributed by atoms with Gasteiger partial charge < -0.3 is 14.8 Å². The maximum Gasteiger partial charge on any atom is 0.347 e. The number of hydrogen-bond acceptors (Lipinski definition) is 5. The third kappa shape index (κ3) is 5.69. The molecule has 0 aliphatic rings. The lowest BCUT2D eigenvalue weighted by Crippen LogP contribution is -2.29. The molecule has 3 aromatic rings. The Labute approximate surface area is 174 Å². The quantitative estimate of drug-likeness (QED) is 0.601. The van der Waals surface area contributed by atoms with E-state index in [2.05, 4.69) is 5.32 Å². The van der Waals surface area contributed by atoms with Gasteiger partial charge >= 0.3 is 5.97 Å². The van der Waals surface area contributed by atoms with Crippen LogP contribution in [0.3, 0.4) is 0 Å². The van der Waals surface area contributed by atoms with Crippen LogP contribution in [0.5, 0.6) is 5.75 Å². The molecule has 0 aliphatic carbocycles. The molecule has 0 unspecified atom stereocenters. The van der Waals surface area contributed by atoms with Gasteiger partial charge in [0.25, 0.3) is 5.91 Å². The van der Waals surface area contributed by atoms with Crippen molar-refractivity contribution in [3.05, 3.63) is 84.4 Å². The van der Waals surface area contributed by atoms with Crippen molar-refractivity contribution in [2.24, 2.45) is 0 Å². The van der Waals surface area contributed by atoms with E-state index < -0.39 is 24.6 Å². The number of carbonyl (C=O) groups excluding carboxylic acids is 2. The molecular formula is C24H20N2O4. The van der Waals surface area contributed by atoms with E-state index in [9.17, 15) is 9.59 Å². The number of nitrogens with one attached hydrogen (secondary N) is 1. The first-order chi connectivity index (χ1) is 14.5. The molecule has 1 atom stereocenters. The molecule has 3 rings (SSSR count). The van der Waals surface area contributed by atoms with Crippen LogP contribution in [0.2, 0.25) is 0 Å². The summed E-state index contributed by atoms with van der Waals surface area (Å²) in [5.41, 5.74) is 3.22.